The molecule has 0 aliphatic heterocycles. The van der Waals surface area contributed by atoms with E-state index in [9.17, 15) is 4.79 Å². The second-order valence-corrected chi connectivity index (χ2v) is 14.4. The molecule has 0 aliphatic rings. The van der Waals surface area contributed by atoms with Crippen molar-refractivity contribution in [1.29, 1.82) is 0 Å². The number of hydrogen-bond acceptors (Lipinski definition) is 2. The molecule has 0 unspecified atom stereocenters. The lowest BCUT2D eigenvalue weighted by molar-refractivity contribution is 0.112. The van der Waals surface area contributed by atoms with Gasteiger partial charge in [-0.15, -0.1) is 0 Å². The van der Waals surface area contributed by atoms with E-state index in [-0.39, 0.29) is 0 Å². The molecular formula is C38H27NOP2. The number of pyridine rings is 1. The second kappa shape index (κ2) is 11.8. The summed E-state index contributed by atoms with van der Waals surface area (Å²) in [6.45, 7) is 0. The summed E-state index contributed by atoms with van der Waals surface area (Å²) in [5.74, 6) is 0. The standard InChI is InChI=1S/C38H27NOP2/c40-27-29-24-25-36(42(32-19-9-3-10-20-32)33-21-11-4-12-22-33)38-34(29)26-28-14-13-23-35(37(28)39-38)41(30-15-5-1-6-16-30)31-17-7-2-8-18-31/h1-27H. The van der Waals surface area contributed by atoms with Gasteiger partial charge in [-0.25, -0.2) is 4.98 Å². The lowest BCUT2D eigenvalue weighted by atomic mass is 10.1. The van der Waals surface area contributed by atoms with Crippen LogP contribution in [0.4, 0.5) is 0 Å². The minimum atomic E-state index is -0.904. The van der Waals surface area contributed by atoms with E-state index in [1.807, 2.05) is 6.07 Å². The molecular weight excluding hydrogens is 548 g/mol. The molecule has 1 heterocycles. The Morgan fingerprint density at radius 3 is 1.36 bits per heavy atom. The van der Waals surface area contributed by atoms with Crippen LogP contribution in [0.1, 0.15) is 10.4 Å². The summed E-state index contributed by atoms with van der Waals surface area (Å²) in [5, 5.41) is 9.39. The summed E-state index contributed by atoms with van der Waals surface area (Å²) < 4.78 is 0. The summed E-state index contributed by atoms with van der Waals surface area (Å²) in [4.78, 5) is 17.8. The first-order valence-electron chi connectivity index (χ1n) is 13.9. The van der Waals surface area contributed by atoms with Crippen LogP contribution in [-0.2, 0) is 0 Å². The monoisotopic (exact) mass is 575 g/mol. The largest absolute Gasteiger partial charge is 0.298 e. The Morgan fingerprint density at radius 1 is 0.452 bits per heavy atom. The molecule has 0 bridgehead atoms. The minimum Gasteiger partial charge on any atom is -0.298 e. The van der Waals surface area contributed by atoms with E-state index in [1.165, 1.54) is 26.5 Å². The Labute approximate surface area is 248 Å². The minimum absolute atomic E-state index is 0.665. The number of hydrogen-bond donors (Lipinski definition) is 0. The van der Waals surface area contributed by atoms with Gasteiger partial charge in [0.1, 0.15) is 0 Å². The number of carbonyl (C=O) groups excluding carboxylic acids is 1. The van der Waals surface area contributed by atoms with Gasteiger partial charge in [-0.2, -0.15) is 0 Å². The number of benzene rings is 6. The molecule has 0 N–H and O–H groups in total. The molecule has 6 aromatic carbocycles. The van der Waals surface area contributed by atoms with Crippen molar-refractivity contribution in [2.75, 3.05) is 0 Å². The fourth-order valence-electron chi connectivity index (χ4n) is 5.56. The fourth-order valence-corrected chi connectivity index (χ4v) is 10.4. The first kappa shape index (κ1) is 26.4. The fraction of sp³-hybridized carbons (Fsp3) is 0. The first-order chi connectivity index (χ1) is 20.8. The van der Waals surface area contributed by atoms with Gasteiger partial charge < -0.3 is 0 Å². The zero-order valence-electron chi connectivity index (χ0n) is 22.8. The predicted octanol–water partition coefficient (Wildman–Crippen LogP) is 6.72. The zero-order valence-corrected chi connectivity index (χ0v) is 24.6. The van der Waals surface area contributed by atoms with E-state index in [2.05, 4.69) is 152 Å². The van der Waals surface area contributed by atoms with Crippen LogP contribution >= 0.6 is 15.8 Å². The number of nitrogens with zero attached hydrogens (tertiary/aromatic N) is 1. The third-order valence-electron chi connectivity index (χ3n) is 7.47. The van der Waals surface area contributed by atoms with Gasteiger partial charge in [0.25, 0.3) is 0 Å². The average molecular weight is 576 g/mol. The second-order valence-electron chi connectivity index (χ2n) is 10.0. The van der Waals surface area contributed by atoms with E-state index in [0.29, 0.717) is 5.56 Å². The lowest BCUT2D eigenvalue weighted by Gasteiger charge is -2.23. The van der Waals surface area contributed by atoms with Crippen molar-refractivity contribution >= 4 is 75.8 Å². The van der Waals surface area contributed by atoms with Crippen molar-refractivity contribution in [3.05, 3.63) is 163 Å². The van der Waals surface area contributed by atoms with Gasteiger partial charge in [0, 0.05) is 26.9 Å². The molecule has 0 aliphatic carbocycles. The topological polar surface area (TPSA) is 30.0 Å². The van der Waals surface area contributed by atoms with Crippen molar-refractivity contribution in [1.82, 2.24) is 4.98 Å². The van der Waals surface area contributed by atoms with Gasteiger partial charge in [0.2, 0.25) is 0 Å². The molecule has 2 nitrogen and oxygen atoms in total. The lowest BCUT2D eigenvalue weighted by Crippen LogP contribution is -2.23. The van der Waals surface area contributed by atoms with Crippen LogP contribution in [0.15, 0.2) is 158 Å². The Kier molecular flexibility index (Phi) is 7.42. The van der Waals surface area contributed by atoms with E-state index in [4.69, 9.17) is 4.98 Å². The Bertz CT molecular complexity index is 1920. The maximum absolute atomic E-state index is 12.3. The number of carbonyl (C=O) groups is 1. The maximum atomic E-state index is 12.3. The first-order valence-corrected chi connectivity index (χ1v) is 16.6. The third kappa shape index (κ3) is 4.94. The summed E-state index contributed by atoms with van der Waals surface area (Å²) in [6.07, 6.45) is 0.956. The van der Waals surface area contributed by atoms with Crippen molar-refractivity contribution in [3.8, 4) is 0 Å². The van der Waals surface area contributed by atoms with Crippen molar-refractivity contribution in [2.24, 2.45) is 0 Å². The summed E-state index contributed by atoms with van der Waals surface area (Å²) >= 11 is 0. The highest BCUT2D eigenvalue weighted by atomic mass is 31.1. The molecule has 200 valence electrons. The number of aromatic nitrogens is 1. The Balaban J connectivity index is 1.54. The molecule has 7 rings (SSSR count). The predicted molar refractivity (Wildman–Crippen MR) is 182 cm³/mol. The zero-order chi connectivity index (χ0) is 28.3. The van der Waals surface area contributed by atoms with Crippen LogP contribution < -0.4 is 31.8 Å². The molecule has 1 aromatic heterocycles. The molecule has 0 saturated carbocycles. The van der Waals surface area contributed by atoms with Gasteiger partial charge in [0.05, 0.1) is 11.0 Å². The van der Waals surface area contributed by atoms with Gasteiger partial charge >= 0.3 is 0 Å². The van der Waals surface area contributed by atoms with Gasteiger partial charge in [-0.1, -0.05) is 152 Å². The smallest absolute Gasteiger partial charge is 0.150 e. The summed E-state index contributed by atoms with van der Waals surface area (Å²) in [7, 11) is -1.76. The normalized spacial score (nSPS) is 11.4. The Hall–Kier alpha value is -4.48. The van der Waals surface area contributed by atoms with Gasteiger partial charge in [-0.3, -0.25) is 4.79 Å². The number of para-hydroxylation sites is 1. The van der Waals surface area contributed by atoms with Crippen LogP contribution in [-0.4, -0.2) is 11.3 Å². The number of rotatable bonds is 7. The molecule has 0 atom stereocenters. The average Bonchev–Trinajstić information content (AvgIpc) is 3.06. The highest BCUT2D eigenvalue weighted by Crippen LogP contribution is 2.39. The van der Waals surface area contributed by atoms with E-state index >= 15 is 0 Å². The molecule has 0 saturated heterocycles. The molecule has 7 aromatic rings. The SMILES string of the molecule is O=Cc1ccc(P(c2ccccc2)c2ccccc2)c2nc3c(P(c4ccccc4)c4ccccc4)cccc3cc12. The molecule has 42 heavy (non-hydrogen) atoms. The van der Waals surface area contributed by atoms with Gasteiger partial charge in [0.15, 0.2) is 6.29 Å². The van der Waals surface area contributed by atoms with Crippen LogP contribution in [0.3, 0.4) is 0 Å². The molecule has 0 radical (unpaired) electrons. The molecule has 4 heteroatoms. The van der Waals surface area contributed by atoms with Crippen LogP contribution in [0.5, 0.6) is 0 Å². The van der Waals surface area contributed by atoms with E-state index in [0.717, 1.165) is 33.4 Å². The quantitative estimate of drug-likeness (QED) is 0.120. The van der Waals surface area contributed by atoms with Crippen molar-refractivity contribution < 1.29 is 4.79 Å². The summed E-state index contributed by atoms with van der Waals surface area (Å²) in [6, 6.07) is 55.5. The van der Waals surface area contributed by atoms with Crippen LogP contribution in [0, 0.1) is 0 Å². The van der Waals surface area contributed by atoms with Crippen molar-refractivity contribution in [2.45, 2.75) is 0 Å². The molecule has 0 amide bonds. The highest BCUT2D eigenvalue weighted by Gasteiger charge is 2.23. The third-order valence-corrected chi connectivity index (χ3v) is 12.4. The summed E-state index contributed by atoms with van der Waals surface area (Å²) in [5.41, 5.74) is 2.55. The number of aldehydes is 1. The van der Waals surface area contributed by atoms with Crippen molar-refractivity contribution in [3.63, 3.8) is 0 Å². The van der Waals surface area contributed by atoms with E-state index in [1.54, 1.807) is 0 Å². The van der Waals surface area contributed by atoms with Gasteiger partial charge in [-0.05, 0) is 43.1 Å². The molecule has 0 spiro atoms. The van der Waals surface area contributed by atoms with Crippen LogP contribution in [0.2, 0.25) is 0 Å². The van der Waals surface area contributed by atoms with Crippen LogP contribution in [0.25, 0.3) is 21.8 Å². The highest BCUT2D eigenvalue weighted by molar-refractivity contribution is 7.80. The maximum Gasteiger partial charge on any atom is 0.150 e. The number of fused-ring (bicyclic) bond motifs is 2. The van der Waals surface area contributed by atoms with E-state index < -0.39 is 15.8 Å². The Morgan fingerprint density at radius 2 is 0.905 bits per heavy atom. The molecule has 0 fully saturated rings.